The fourth-order valence-electron chi connectivity index (χ4n) is 1.15. The third kappa shape index (κ3) is 1.95. The number of rotatable bonds is 1. The Balaban J connectivity index is 2.23. The van der Waals surface area contributed by atoms with Crippen LogP contribution in [0.5, 0.6) is 0 Å². The smallest absolute Gasteiger partial charge is 0.0562 e. The summed E-state index contributed by atoms with van der Waals surface area (Å²) in [7, 11) is 0. The van der Waals surface area contributed by atoms with Gasteiger partial charge in [0, 0.05) is 12.5 Å². The second-order valence-electron chi connectivity index (χ2n) is 2.72. The summed E-state index contributed by atoms with van der Waals surface area (Å²) in [6.07, 6.45) is 2.04. The maximum absolute atomic E-state index is 9.10. The van der Waals surface area contributed by atoms with Crippen LogP contribution in [0, 0.1) is 5.92 Å². The van der Waals surface area contributed by atoms with Crippen molar-refractivity contribution in [3.8, 4) is 0 Å². The molecule has 1 heterocycles. The van der Waals surface area contributed by atoms with Gasteiger partial charge in [0.1, 0.15) is 0 Å². The number of aliphatic hydroxyl groups excluding tert-OH is 1. The summed E-state index contributed by atoms with van der Waals surface area (Å²) in [4.78, 5) is 0. The van der Waals surface area contributed by atoms with E-state index in [9.17, 15) is 0 Å². The van der Waals surface area contributed by atoms with Crippen LogP contribution >= 0.6 is 0 Å². The van der Waals surface area contributed by atoms with Gasteiger partial charge in [0.2, 0.25) is 0 Å². The number of hydrogen-bond donors (Lipinski definition) is 1. The van der Waals surface area contributed by atoms with E-state index in [-0.39, 0.29) is 6.10 Å². The Labute approximate surface area is 55.8 Å². The molecule has 1 aliphatic heterocycles. The van der Waals surface area contributed by atoms with Crippen LogP contribution in [0.25, 0.3) is 0 Å². The predicted molar refractivity (Wildman–Crippen MR) is 35.2 cm³/mol. The quantitative estimate of drug-likeness (QED) is 0.568. The average Bonchev–Trinajstić information content (AvgIpc) is 1.90. The Hall–Kier alpha value is -0.0800. The molecule has 0 spiro atoms. The molecule has 0 saturated carbocycles. The first kappa shape index (κ1) is 7.03. The van der Waals surface area contributed by atoms with Crippen LogP contribution in [-0.2, 0) is 4.74 Å². The van der Waals surface area contributed by atoms with Crippen LogP contribution in [0.15, 0.2) is 0 Å². The van der Waals surface area contributed by atoms with Gasteiger partial charge >= 0.3 is 0 Å². The van der Waals surface area contributed by atoms with Crippen molar-refractivity contribution in [3.63, 3.8) is 0 Å². The maximum Gasteiger partial charge on any atom is 0.0562 e. The molecule has 0 aromatic carbocycles. The van der Waals surface area contributed by atoms with Gasteiger partial charge in [-0.1, -0.05) is 0 Å². The molecule has 0 aromatic heterocycles. The minimum Gasteiger partial charge on any atom is -0.393 e. The zero-order chi connectivity index (χ0) is 6.69. The lowest BCUT2D eigenvalue weighted by atomic mass is 9.97. The summed E-state index contributed by atoms with van der Waals surface area (Å²) in [5.41, 5.74) is 0. The van der Waals surface area contributed by atoms with Crippen LogP contribution in [0.4, 0.5) is 0 Å². The molecule has 1 N–H and O–H groups in total. The van der Waals surface area contributed by atoms with Gasteiger partial charge in [-0.2, -0.15) is 0 Å². The summed E-state index contributed by atoms with van der Waals surface area (Å²) < 4.78 is 5.18. The molecule has 1 fully saturated rings. The fourth-order valence-corrected chi connectivity index (χ4v) is 1.15. The molecule has 0 aromatic rings. The van der Waals surface area contributed by atoms with Gasteiger partial charge in [0.05, 0.1) is 12.7 Å². The zero-order valence-electron chi connectivity index (χ0n) is 5.84. The summed E-state index contributed by atoms with van der Waals surface area (Å²) in [6.45, 7) is 3.46. The highest BCUT2D eigenvalue weighted by Crippen LogP contribution is 2.16. The molecule has 0 radical (unpaired) electrons. The van der Waals surface area contributed by atoms with E-state index in [1.807, 2.05) is 6.92 Å². The SMILES string of the molecule is C[C@@H](O)[C@H]1CCCOC1. The first-order chi connectivity index (χ1) is 4.30. The molecule has 1 rings (SSSR count). The largest absolute Gasteiger partial charge is 0.393 e. The molecule has 0 amide bonds. The molecular weight excluding hydrogens is 116 g/mol. The van der Waals surface area contributed by atoms with E-state index in [2.05, 4.69) is 0 Å². The van der Waals surface area contributed by atoms with E-state index >= 15 is 0 Å². The summed E-state index contributed by atoms with van der Waals surface area (Å²) in [5.74, 6) is 0.388. The van der Waals surface area contributed by atoms with Crippen molar-refractivity contribution in [3.05, 3.63) is 0 Å². The lowest BCUT2D eigenvalue weighted by molar-refractivity contribution is -0.00174. The minimum absolute atomic E-state index is 0.190. The third-order valence-electron chi connectivity index (χ3n) is 1.88. The van der Waals surface area contributed by atoms with Crippen molar-refractivity contribution in [2.45, 2.75) is 25.9 Å². The molecule has 2 heteroatoms. The topological polar surface area (TPSA) is 29.5 Å². The molecule has 9 heavy (non-hydrogen) atoms. The van der Waals surface area contributed by atoms with Gasteiger partial charge < -0.3 is 9.84 Å². The Bertz CT molecular complexity index is 75.0. The highest BCUT2D eigenvalue weighted by Gasteiger charge is 2.17. The molecule has 1 saturated heterocycles. The molecule has 1 aliphatic rings. The van der Waals surface area contributed by atoms with Crippen molar-refractivity contribution in [1.29, 1.82) is 0 Å². The Morgan fingerprint density at radius 3 is 2.78 bits per heavy atom. The van der Waals surface area contributed by atoms with Crippen molar-refractivity contribution < 1.29 is 9.84 Å². The molecule has 2 nitrogen and oxygen atoms in total. The van der Waals surface area contributed by atoms with E-state index in [4.69, 9.17) is 9.84 Å². The highest BCUT2D eigenvalue weighted by atomic mass is 16.5. The lowest BCUT2D eigenvalue weighted by Gasteiger charge is -2.23. The van der Waals surface area contributed by atoms with Gasteiger partial charge in [-0.3, -0.25) is 0 Å². The maximum atomic E-state index is 9.10. The Kier molecular flexibility index (Phi) is 2.49. The van der Waals surface area contributed by atoms with E-state index in [1.54, 1.807) is 0 Å². The first-order valence-corrected chi connectivity index (χ1v) is 3.56. The molecule has 0 bridgehead atoms. The normalized spacial score (nSPS) is 32.0. The molecule has 0 aliphatic carbocycles. The van der Waals surface area contributed by atoms with Crippen LogP contribution < -0.4 is 0 Å². The number of aliphatic hydroxyl groups is 1. The molecule has 54 valence electrons. The van der Waals surface area contributed by atoms with Gasteiger partial charge in [-0.05, 0) is 19.8 Å². The van der Waals surface area contributed by atoms with E-state index in [0.29, 0.717) is 5.92 Å². The monoisotopic (exact) mass is 130 g/mol. The van der Waals surface area contributed by atoms with Gasteiger partial charge in [-0.15, -0.1) is 0 Å². The standard InChI is InChI=1S/C7H14O2/c1-6(8)7-3-2-4-9-5-7/h6-8H,2-5H2,1H3/t6-,7+/m1/s1. The number of ether oxygens (including phenoxy) is 1. The van der Waals surface area contributed by atoms with E-state index < -0.39 is 0 Å². The Morgan fingerprint density at radius 2 is 2.44 bits per heavy atom. The van der Waals surface area contributed by atoms with Crippen LogP contribution in [-0.4, -0.2) is 24.4 Å². The predicted octanol–water partition coefficient (Wildman–Crippen LogP) is 0.794. The summed E-state index contributed by atoms with van der Waals surface area (Å²) in [5, 5.41) is 9.10. The first-order valence-electron chi connectivity index (χ1n) is 3.56. The average molecular weight is 130 g/mol. The minimum atomic E-state index is -0.190. The second kappa shape index (κ2) is 3.18. The van der Waals surface area contributed by atoms with E-state index in [1.165, 1.54) is 0 Å². The van der Waals surface area contributed by atoms with Crippen LogP contribution in [0.2, 0.25) is 0 Å². The van der Waals surface area contributed by atoms with E-state index in [0.717, 1.165) is 26.1 Å². The Morgan fingerprint density at radius 1 is 1.67 bits per heavy atom. The van der Waals surface area contributed by atoms with Gasteiger partial charge in [-0.25, -0.2) is 0 Å². The molecule has 0 unspecified atom stereocenters. The van der Waals surface area contributed by atoms with Crippen molar-refractivity contribution in [2.24, 2.45) is 5.92 Å². The van der Waals surface area contributed by atoms with Crippen molar-refractivity contribution in [1.82, 2.24) is 0 Å². The fraction of sp³-hybridized carbons (Fsp3) is 1.00. The second-order valence-corrected chi connectivity index (χ2v) is 2.72. The van der Waals surface area contributed by atoms with Crippen molar-refractivity contribution >= 4 is 0 Å². The lowest BCUT2D eigenvalue weighted by Crippen LogP contribution is -2.26. The highest BCUT2D eigenvalue weighted by molar-refractivity contribution is 4.67. The van der Waals surface area contributed by atoms with Crippen LogP contribution in [0.3, 0.4) is 0 Å². The molecular formula is C7H14O2. The number of hydrogen-bond acceptors (Lipinski definition) is 2. The zero-order valence-corrected chi connectivity index (χ0v) is 5.84. The molecule has 2 atom stereocenters. The summed E-state index contributed by atoms with van der Waals surface area (Å²) >= 11 is 0. The third-order valence-corrected chi connectivity index (χ3v) is 1.88. The van der Waals surface area contributed by atoms with Gasteiger partial charge in [0.15, 0.2) is 0 Å². The van der Waals surface area contributed by atoms with Gasteiger partial charge in [0.25, 0.3) is 0 Å². The van der Waals surface area contributed by atoms with Crippen LogP contribution in [0.1, 0.15) is 19.8 Å². The van der Waals surface area contributed by atoms with Crippen molar-refractivity contribution in [2.75, 3.05) is 13.2 Å². The summed E-state index contributed by atoms with van der Waals surface area (Å²) in [6, 6.07) is 0.